The molecule has 3 aromatic rings. The number of nitrogens with two attached hydrogens (primary N) is 1. The fourth-order valence-corrected chi connectivity index (χ4v) is 4.20. The molecule has 0 spiro atoms. The zero-order valence-electron chi connectivity index (χ0n) is 22.7. The summed E-state index contributed by atoms with van der Waals surface area (Å²) < 4.78 is 0. The highest BCUT2D eigenvalue weighted by Gasteiger charge is 2.31. The minimum absolute atomic E-state index is 0.0276. The van der Waals surface area contributed by atoms with Crippen LogP contribution in [0, 0.1) is 5.92 Å². The lowest BCUT2D eigenvalue weighted by atomic mass is 10.0. The van der Waals surface area contributed by atoms with E-state index in [1.54, 1.807) is 20.0 Å². The van der Waals surface area contributed by atoms with E-state index in [-0.39, 0.29) is 25.2 Å². The van der Waals surface area contributed by atoms with Gasteiger partial charge in [0.05, 0.1) is 12.4 Å². The normalized spacial score (nSPS) is 14.1. The number of imidazole rings is 1. The Labute approximate surface area is 235 Å². The van der Waals surface area contributed by atoms with E-state index in [0.29, 0.717) is 11.3 Å². The number of rotatable bonds is 15. The number of H-pyrrole nitrogens is 2. The smallest absolute Gasteiger partial charge is 0.326 e. The van der Waals surface area contributed by atoms with Crippen LogP contribution in [0.15, 0.2) is 43.0 Å². The topological polar surface area (TPSA) is 232 Å². The number of fused-ring (bicyclic) bond motifs is 1. The summed E-state index contributed by atoms with van der Waals surface area (Å²) in [6, 6.07) is 2.48. The van der Waals surface area contributed by atoms with Crippen molar-refractivity contribution in [3.8, 4) is 0 Å². The van der Waals surface area contributed by atoms with Gasteiger partial charge in [-0.2, -0.15) is 0 Å². The Morgan fingerprint density at radius 2 is 1.56 bits per heavy atom. The number of carbonyl (C=O) groups excluding carboxylic acids is 3. The summed E-state index contributed by atoms with van der Waals surface area (Å²) in [5.74, 6) is -4.96. The maximum atomic E-state index is 13.4. The second kappa shape index (κ2) is 14.1. The molecule has 220 valence electrons. The number of hydrogen-bond acceptors (Lipinski definition) is 7. The van der Waals surface area contributed by atoms with Gasteiger partial charge in [0.1, 0.15) is 18.1 Å². The van der Waals surface area contributed by atoms with Crippen LogP contribution in [0.3, 0.4) is 0 Å². The zero-order valence-corrected chi connectivity index (χ0v) is 22.7. The molecule has 3 rings (SSSR count). The Morgan fingerprint density at radius 3 is 2.20 bits per heavy atom. The molecule has 14 heteroatoms. The van der Waals surface area contributed by atoms with E-state index in [9.17, 15) is 29.1 Å². The van der Waals surface area contributed by atoms with Crippen LogP contribution in [0.5, 0.6) is 0 Å². The first kappa shape index (κ1) is 30.8. The minimum atomic E-state index is -1.32. The molecular formula is C27H35N7O7. The van der Waals surface area contributed by atoms with Crippen molar-refractivity contribution in [2.45, 2.75) is 63.7 Å². The Hall–Kier alpha value is -4.72. The predicted octanol–water partition coefficient (Wildman–Crippen LogP) is 0.0633. The number of hydrogen-bond donors (Lipinski definition) is 8. The fraction of sp³-hybridized carbons (Fsp3) is 0.407. The molecule has 4 unspecified atom stereocenters. The highest BCUT2D eigenvalue weighted by Crippen LogP contribution is 2.19. The van der Waals surface area contributed by atoms with Crippen LogP contribution >= 0.6 is 0 Å². The minimum Gasteiger partial charge on any atom is -0.481 e. The van der Waals surface area contributed by atoms with Gasteiger partial charge < -0.3 is 41.9 Å². The molecule has 0 bridgehead atoms. The second-order valence-electron chi connectivity index (χ2n) is 10.1. The Morgan fingerprint density at radius 1 is 0.902 bits per heavy atom. The first-order chi connectivity index (χ1) is 19.5. The van der Waals surface area contributed by atoms with Gasteiger partial charge in [0.2, 0.25) is 17.7 Å². The van der Waals surface area contributed by atoms with Gasteiger partial charge in [-0.1, -0.05) is 32.0 Å². The number of aromatic nitrogens is 3. The molecule has 0 fully saturated rings. The van der Waals surface area contributed by atoms with E-state index in [1.807, 2.05) is 24.3 Å². The lowest BCUT2D eigenvalue weighted by Gasteiger charge is -2.25. The summed E-state index contributed by atoms with van der Waals surface area (Å²) in [6.07, 6.45) is 3.70. The summed E-state index contributed by atoms with van der Waals surface area (Å²) in [7, 11) is 0. The van der Waals surface area contributed by atoms with Crippen LogP contribution in [-0.4, -0.2) is 79.0 Å². The molecule has 0 aliphatic heterocycles. The van der Waals surface area contributed by atoms with Crippen LogP contribution in [0.2, 0.25) is 0 Å². The van der Waals surface area contributed by atoms with Gasteiger partial charge in [0.25, 0.3) is 0 Å². The Bertz CT molecular complexity index is 1370. The van der Waals surface area contributed by atoms with E-state index in [1.165, 1.54) is 12.5 Å². The average Bonchev–Trinajstić information content (AvgIpc) is 3.59. The van der Waals surface area contributed by atoms with Gasteiger partial charge in [-0.15, -0.1) is 0 Å². The molecule has 0 aliphatic rings. The van der Waals surface area contributed by atoms with Crippen molar-refractivity contribution < 1.29 is 34.2 Å². The van der Waals surface area contributed by atoms with Crippen LogP contribution < -0.4 is 21.7 Å². The third kappa shape index (κ3) is 8.63. The summed E-state index contributed by atoms with van der Waals surface area (Å²) >= 11 is 0. The number of aromatic amines is 2. The summed E-state index contributed by atoms with van der Waals surface area (Å²) in [5, 5.41) is 27.3. The van der Waals surface area contributed by atoms with Crippen molar-refractivity contribution in [1.29, 1.82) is 0 Å². The molecule has 2 heterocycles. The SMILES string of the molecule is CC(C)C(N)C(=O)NC(CCC(=O)O)C(=O)NC(Cc1cnc[nH]1)C(=O)NC(Cc1c[nH]c2ccccc12)C(=O)O. The molecule has 1 aromatic carbocycles. The van der Waals surface area contributed by atoms with Crippen LogP contribution in [0.25, 0.3) is 10.9 Å². The lowest BCUT2D eigenvalue weighted by molar-refractivity contribution is -0.142. The van der Waals surface area contributed by atoms with E-state index in [4.69, 9.17) is 10.8 Å². The maximum Gasteiger partial charge on any atom is 0.326 e. The molecule has 3 amide bonds. The first-order valence-electron chi connectivity index (χ1n) is 13.1. The van der Waals surface area contributed by atoms with E-state index >= 15 is 0 Å². The summed E-state index contributed by atoms with van der Waals surface area (Å²) in [4.78, 5) is 72.3. The van der Waals surface area contributed by atoms with Gasteiger partial charge in [-0.05, 0) is 24.0 Å². The average molecular weight is 570 g/mol. The van der Waals surface area contributed by atoms with Gasteiger partial charge in [-0.3, -0.25) is 19.2 Å². The van der Waals surface area contributed by atoms with Crippen molar-refractivity contribution in [2.24, 2.45) is 11.7 Å². The van der Waals surface area contributed by atoms with E-state index in [2.05, 4.69) is 30.9 Å². The molecule has 4 atom stereocenters. The molecule has 0 aliphatic carbocycles. The molecule has 14 nitrogen and oxygen atoms in total. The standard InChI is InChI=1S/C27H35N7O7/c1-14(2)23(28)26(39)32-19(7-8-22(35)36)24(37)33-20(10-16-12-29-13-31-16)25(38)34-21(27(40)41)9-15-11-30-18-6-4-3-5-17(15)18/h3-6,11-14,19-21,23,30H,7-10,28H2,1-2H3,(H,29,31)(H,32,39)(H,33,37)(H,34,38)(H,35,36)(H,40,41). The van der Waals surface area contributed by atoms with E-state index < -0.39 is 60.2 Å². The molecular weight excluding hydrogens is 534 g/mol. The third-order valence-corrected chi connectivity index (χ3v) is 6.63. The number of carboxylic acid groups (broad SMARTS) is 2. The predicted molar refractivity (Wildman–Crippen MR) is 147 cm³/mol. The number of carbonyl (C=O) groups is 5. The Kier molecular flexibility index (Phi) is 10.6. The molecule has 0 radical (unpaired) electrons. The van der Waals surface area contributed by atoms with Crippen molar-refractivity contribution in [3.63, 3.8) is 0 Å². The lowest BCUT2D eigenvalue weighted by Crippen LogP contribution is -2.58. The van der Waals surface area contributed by atoms with Gasteiger partial charge in [0, 0.05) is 48.3 Å². The second-order valence-corrected chi connectivity index (χ2v) is 10.1. The molecule has 2 aromatic heterocycles. The van der Waals surface area contributed by atoms with Crippen molar-refractivity contribution in [1.82, 2.24) is 30.9 Å². The number of para-hydroxylation sites is 1. The van der Waals surface area contributed by atoms with Gasteiger partial charge >= 0.3 is 11.9 Å². The number of nitrogens with one attached hydrogen (secondary N) is 5. The molecule has 41 heavy (non-hydrogen) atoms. The number of aliphatic carboxylic acids is 2. The highest BCUT2D eigenvalue weighted by molar-refractivity contribution is 5.94. The van der Waals surface area contributed by atoms with Crippen molar-refractivity contribution in [2.75, 3.05) is 0 Å². The fourth-order valence-electron chi connectivity index (χ4n) is 4.20. The van der Waals surface area contributed by atoms with Gasteiger partial charge in [-0.25, -0.2) is 9.78 Å². The van der Waals surface area contributed by atoms with Crippen molar-refractivity contribution >= 4 is 40.6 Å². The van der Waals surface area contributed by atoms with E-state index in [0.717, 1.165) is 10.9 Å². The Balaban J connectivity index is 1.80. The number of nitrogens with zero attached hydrogens (tertiary/aromatic N) is 1. The van der Waals surface area contributed by atoms with Crippen LogP contribution in [-0.2, 0) is 36.8 Å². The monoisotopic (exact) mass is 569 g/mol. The third-order valence-electron chi connectivity index (χ3n) is 6.63. The highest BCUT2D eigenvalue weighted by atomic mass is 16.4. The summed E-state index contributed by atoms with van der Waals surface area (Å²) in [5.41, 5.74) is 7.85. The first-order valence-corrected chi connectivity index (χ1v) is 13.1. The molecule has 0 saturated heterocycles. The molecule has 9 N–H and O–H groups in total. The van der Waals surface area contributed by atoms with Crippen LogP contribution in [0.1, 0.15) is 37.9 Å². The number of benzene rings is 1. The maximum absolute atomic E-state index is 13.4. The zero-order chi connectivity index (χ0) is 30.1. The number of carboxylic acids is 2. The largest absolute Gasteiger partial charge is 0.481 e. The van der Waals surface area contributed by atoms with Crippen LogP contribution in [0.4, 0.5) is 0 Å². The van der Waals surface area contributed by atoms with Crippen molar-refractivity contribution in [3.05, 3.63) is 54.2 Å². The quantitative estimate of drug-likeness (QED) is 0.123. The number of amides is 3. The summed E-state index contributed by atoms with van der Waals surface area (Å²) in [6.45, 7) is 3.44. The van der Waals surface area contributed by atoms with Gasteiger partial charge in [0.15, 0.2) is 0 Å². The molecule has 0 saturated carbocycles.